The van der Waals surface area contributed by atoms with Crippen LogP contribution >= 0.6 is 0 Å². The largest absolute Gasteiger partial charge is 0.494 e. The average molecular weight is 362 g/mol. The van der Waals surface area contributed by atoms with Crippen molar-refractivity contribution in [1.29, 1.82) is 0 Å². The first-order valence-corrected chi connectivity index (χ1v) is 7.48. The van der Waals surface area contributed by atoms with Crippen molar-refractivity contribution in [1.82, 2.24) is 18.9 Å². The number of hydrogen-bond acceptors (Lipinski definition) is 6. The van der Waals surface area contributed by atoms with Gasteiger partial charge in [0.15, 0.2) is 0 Å². The summed E-state index contributed by atoms with van der Waals surface area (Å²) in [6, 6.07) is -0.747. The van der Waals surface area contributed by atoms with Crippen molar-refractivity contribution in [3.05, 3.63) is 43.6 Å². The van der Waals surface area contributed by atoms with Gasteiger partial charge in [-0.15, -0.1) is 0 Å². The molecule has 1 N–H and O–H groups in total. The Balaban J connectivity index is 2.59. The van der Waals surface area contributed by atoms with Crippen LogP contribution < -0.4 is 11.2 Å². The molecule has 0 saturated carbocycles. The predicted octanol–water partition coefficient (Wildman–Crippen LogP) is -0.830. The summed E-state index contributed by atoms with van der Waals surface area (Å²) in [6.07, 6.45) is 2.47. The summed E-state index contributed by atoms with van der Waals surface area (Å²) in [4.78, 5) is 61.6. The number of amides is 4. The van der Waals surface area contributed by atoms with Crippen molar-refractivity contribution < 1.29 is 19.5 Å². The first-order valence-electron chi connectivity index (χ1n) is 7.48. The minimum Gasteiger partial charge on any atom is -0.494 e. The van der Waals surface area contributed by atoms with Crippen LogP contribution in [0.4, 0.5) is 4.79 Å². The van der Waals surface area contributed by atoms with Crippen LogP contribution in [0.15, 0.2) is 26.8 Å². The lowest BCUT2D eigenvalue weighted by Crippen LogP contribution is -2.53. The van der Waals surface area contributed by atoms with Crippen LogP contribution in [-0.4, -0.2) is 56.0 Å². The normalized spacial score (nSPS) is 15.8. The van der Waals surface area contributed by atoms with Gasteiger partial charge in [0.1, 0.15) is 11.1 Å². The highest BCUT2D eigenvalue weighted by molar-refractivity contribution is 6.28. The van der Waals surface area contributed by atoms with Gasteiger partial charge in [0.2, 0.25) is 5.88 Å². The summed E-state index contributed by atoms with van der Waals surface area (Å²) in [5, 5.41) is 10.1. The maximum Gasteiger partial charge on any atom is 0.333 e. The zero-order valence-electron chi connectivity index (χ0n) is 14.9. The molecule has 1 aromatic rings. The number of carbonyl (C=O) groups is 3. The van der Waals surface area contributed by atoms with Crippen LogP contribution in [0.2, 0.25) is 0 Å². The van der Waals surface area contributed by atoms with Gasteiger partial charge >= 0.3 is 11.7 Å². The zero-order chi connectivity index (χ0) is 19.9. The molecule has 4 amide bonds. The summed E-state index contributed by atoms with van der Waals surface area (Å²) < 4.78 is 1.72. The number of aromatic hydroxyl groups is 1. The Bertz CT molecular complexity index is 985. The molecule has 1 aliphatic rings. The molecule has 1 aromatic heterocycles. The van der Waals surface area contributed by atoms with Gasteiger partial charge in [-0.05, 0) is 24.6 Å². The van der Waals surface area contributed by atoms with Gasteiger partial charge in [-0.3, -0.25) is 33.3 Å². The minimum atomic E-state index is -0.775. The maximum atomic E-state index is 12.2. The van der Waals surface area contributed by atoms with Gasteiger partial charge in [0.25, 0.3) is 17.4 Å². The SMILES string of the molecule is CC(=Cc1c(O)n(C)c(=O)n(C)c1=O)C=C1C(=O)N(C)C(=O)N(C)C1=O. The fourth-order valence-corrected chi connectivity index (χ4v) is 2.46. The van der Waals surface area contributed by atoms with E-state index in [0.29, 0.717) is 5.57 Å². The van der Waals surface area contributed by atoms with Crippen LogP contribution in [0, 0.1) is 0 Å². The molecule has 0 spiro atoms. The highest BCUT2D eigenvalue weighted by atomic mass is 16.3. The number of barbiturate groups is 1. The van der Waals surface area contributed by atoms with E-state index in [2.05, 4.69) is 0 Å². The van der Waals surface area contributed by atoms with E-state index in [1.54, 1.807) is 0 Å². The first-order chi connectivity index (χ1) is 12.0. The second-order valence-electron chi connectivity index (χ2n) is 5.90. The second kappa shape index (κ2) is 6.47. The summed E-state index contributed by atoms with van der Waals surface area (Å²) in [6.45, 7) is 1.51. The molecular weight excluding hydrogens is 344 g/mol. The third-order valence-corrected chi connectivity index (χ3v) is 4.06. The van der Waals surface area contributed by atoms with E-state index in [9.17, 15) is 29.1 Å². The number of likely N-dealkylation sites (N-methyl/N-ethyl adjacent to an activating group) is 2. The Kier molecular flexibility index (Phi) is 4.70. The molecule has 0 bridgehead atoms. The number of carbonyl (C=O) groups excluding carboxylic acids is 3. The van der Waals surface area contributed by atoms with Crippen molar-refractivity contribution >= 4 is 23.9 Å². The van der Waals surface area contributed by atoms with Gasteiger partial charge in [0.05, 0.1) is 0 Å². The van der Waals surface area contributed by atoms with Gasteiger partial charge in [-0.25, -0.2) is 9.59 Å². The second-order valence-corrected chi connectivity index (χ2v) is 5.90. The van der Waals surface area contributed by atoms with E-state index in [1.807, 2.05) is 0 Å². The standard InChI is InChI=1S/C16H18N4O6/c1-8(6-9-11(21)17(2)15(25)18(3)12(9)22)7-10-13(23)19(4)16(26)20(5)14(10)24/h6-7,21H,1-5H3. The smallest absolute Gasteiger partial charge is 0.333 e. The number of imide groups is 2. The van der Waals surface area contributed by atoms with E-state index >= 15 is 0 Å². The van der Waals surface area contributed by atoms with Crippen molar-refractivity contribution in [3.8, 4) is 5.88 Å². The van der Waals surface area contributed by atoms with Crippen LogP contribution in [0.5, 0.6) is 5.88 Å². The van der Waals surface area contributed by atoms with Crippen molar-refractivity contribution in [2.24, 2.45) is 14.1 Å². The molecular formula is C16H18N4O6. The quantitative estimate of drug-likeness (QED) is 0.541. The van der Waals surface area contributed by atoms with Crippen molar-refractivity contribution in [2.75, 3.05) is 14.1 Å². The van der Waals surface area contributed by atoms with E-state index in [4.69, 9.17) is 0 Å². The molecule has 0 aromatic carbocycles. The molecule has 0 unspecified atom stereocenters. The predicted molar refractivity (Wildman–Crippen MR) is 91.3 cm³/mol. The molecule has 138 valence electrons. The minimum absolute atomic E-state index is 0.169. The summed E-state index contributed by atoms with van der Waals surface area (Å²) in [5.74, 6) is -2.09. The lowest BCUT2D eigenvalue weighted by Gasteiger charge is -2.28. The number of hydrogen-bond donors (Lipinski definition) is 1. The van der Waals surface area contributed by atoms with Crippen LogP contribution in [0.25, 0.3) is 6.08 Å². The molecule has 1 aliphatic heterocycles. The molecule has 10 heteroatoms. The Morgan fingerprint density at radius 2 is 1.38 bits per heavy atom. The number of rotatable bonds is 2. The fraction of sp³-hybridized carbons (Fsp3) is 0.312. The molecule has 2 heterocycles. The molecule has 26 heavy (non-hydrogen) atoms. The van der Waals surface area contributed by atoms with E-state index in [1.165, 1.54) is 47.3 Å². The zero-order valence-corrected chi connectivity index (χ0v) is 14.9. The summed E-state index contributed by atoms with van der Waals surface area (Å²) in [5.41, 5.74) is -1.56. The van der Waals surface area contributed by atoms with Crippen molar-refractivity contribution in [3.63, 3.8) is 0 Å². The monoisotopic (exact) mass is 362 g/mol. The molecule has 0 atom stereocenters. The Morgan fingerprint density at radius 3 is 1.88 bits per heavy atom. The lowest BCUT2D eigenvalue weighted by molar-refractivity contribution is -0.134. The van der Waals surface area contributed by atoms with Gasteiger partial charge < -0.3 is 5.11 Å². The number of aromatic nitrogens is 2. The highest BCUT2D eigenvalue weighted by Crippen LogP contribution is 2.19. The molecule has 1 saturated heterocycles. The molecule has 0 radical (unpaired) electrons. The Morgan fingerprint density at radius 1 is 0.885 bits per heavy atom. The third kappa shape index (κ3) is 2.85. The third-order valence-electron chi connectivity index (χ3n) is 4.06. The molecule has 10 nitrogen and oxygen atoms in total. The molecule has 0 aliphatic carbocycles. The fourth-order valence-electron chi connectivity index (χ4n) is 2.46. The first kappa shape index (κ1) is 18.9. The highest BCUT2D eigenvalue weighted by Gasteiger charge is 2.37. The number of urea groups is 1. The topological polar surface area (TPSA) is 122 Å². The van der Waals surface area contributed by atoms with Crippen LogP contribution in [0.1, 0.15) is 12.5 Å². The number of nitrogens with zero attached hydrogens (tertiary/aromatic N) is 4. The Hall–Kier alpha value is -3.43. The van der Waals surface area contributed by atoms with Gasteiger partial charge in [0, 0.05) is 28.2 Å². The van der Waals surface area contributed by atoms with E-state index in [0.717, 1.165) is 18.9 Å². The summed E-state index contributed by atoms with van der Waals surface area (Å²) >= 11 is 0. The Labute approximate surface area is 147 Å². The maximum absolute atomic E-state index is 12.2. The van der Waals surface area contributed by atoms with E-state index < -0.39 is 35.0 Å². The molecule has 2 rings (SSSR count). The van der Waals surface area contributed by atoms with Crippen LogP contribution in [0.3, 0.4) is 0 Å². The van der Waals surface area contributed by atoms with Crippen molar-refractivity contribution in [2.45, 2.75) is 6.92 Å². The summed E-state index contributed by atoms with van der Waals surface area (Å²) in [7, 11) is 5.05. The van der Waals surface area contributed by atoms with Crippen LogP contribution in [-0.2, 0) is 23.7 Å². The average Bonchev–Trinajstić information content (AvgIpc) is 2.62. The molecule has 1 fully saturated rings. The van der Waals surface area contributed by atoms with Gasteiger partial charge in [-0.2, -0.15) is 0 Å². The number of allylic oxidation sites excluding steroid dienone is 2. The van der Waals surface area contributed by atoms with Gasteiger partial charge in [-0.1, -0.05) is 0 Å². The van der Waals surface area contributed by atoms with E-state index in [-0.39, 0.29) is 11.1 Å². The lowest BCUT2D eigenvalue weighted by atomic mass is 10.1.